The molecular formula is C20H21N3O. The summed E-state index contributed by atoms with van der Waals surface area (Å²) >= 11 is 0. The fourth-order valence-electron chi connectivity index (χ4n) is 2.69. The van der Waals surface area contributed by atoms with Gasteiger partial charge in [0.15, 0.2) is 0 Å². The number of hydrogen-bond acceptors (Lipinski definition) is 2. The smallest absolute Gasteiger partial charge is 0.251 e. The summed E-state index contributed by atoms with van der Waals surface area (Å²) in [4.78, 5) is 16.5. The summed E-state index contributed by atoms with van der Waals surface area (Å²) in [6.07, 6.45) is 7.12. The van der Waals surface area contributed by atoms with Gasteiger partial charge in [0.2, 0.25) is 0 Å². The molecule has 0 spiro atoms. The minimum atomic E-state index is -0.00726. The Kier molecular flexibility index (Phi) is 5.40. The van der Waals surface area contributed by atoms with Crippen molar-refractivity contribution in [2.24, 2.45) is 0 Å². The molecule has 2 aromatic carbocycles. The van der Waals surface area contributed by atoms with E-state index in [4.69, 9.17) is 0 Å². The number of rotatable bonds is 7. The standard InChI is InChI=1S/C20H21N3O/c24-20(22-11-6-13-23-14-12-21-16-23)19-10-5-4-9-18(19)15-17-7-2-1-3-8-17/h1-5,7-10,12,14,16H,6,11,13,15H2,(H,22,24). The zero-order valence-corrected chi connectivity index (χ0v) is 13.6. The Labute approximate surface area is 142 Å². The molecular weight excluding hydrogens is 298 g/mol. The molecule has 0 aliphatic carbocycles. The van der Waals surface area contributed by atoms with E-state index in [1.165, 1.54) is 5.56 Å². The van der Waals surface area contributed by atoms with E-state index in [1.54, 1.807) is 12.5 Å². The van der Waals surface area contributed by atoms with E-state index >= 15 is 0 Å². The molecule has 4 nitrogen and oxygen atoms in total. The maximum atomic E-state index is 12.5. The van der Waals surface area contributed by atoms with Gasteiger partial charge in [-0.1, -0.05) is 48.5 Å². The van der Waals surface area contributed by atoms with Crippen LogP contribution in [0.15, 0.2) is 73.3 Å². The van der Waals surface area contributed by atoms with Crippen LogP contribution in [-0.2, 0) is 13.0 Å². The molecule has 0 saturated carbocycles. The van der Waals surface area contributed by atoms with Gasteiger partial charge in [-0.3, -0.25) is 4.79 Å². The quantitative estimate of drug-likeness (QED) is 0.679. The summed E-state index contributed by atoms with van der Waals surface area (Å²) in [5, 5.41) is 3.01. The highest BCUT2D eigenvalue weighted by atomic mass is 16.1. The summed E-state index contributed by atoms with van der Waals surface area (Å²) in [7, 11) is 0. The highest BCUT2D eigenvalue weighted by Gasteiger charge is 2.10. The molecule has 122 valence electrons. The number of aromatic nitrogens is 2. The van der Waals surface area contributed by atoms with Crippen molar-refractivity contribution in [2.75, 3.05) is 6.54 Å². The van der Waals surface area contributed by atoms with Crippen LogP contribution in [0.1, 0.15) is 27.9 Å². The number of benzene rings is 2. The molecule has 1 heterocycles. The van der Waals surface area contributed by atoms with Gasteiger partial charge in [0.25, 0.3) is 5.91 Å². The molecule has 3 aromatic rings. The van der Waals surface area contributed by atoms with Crippen molar-refractivity contribution in [1.29, 1.82) is 0 Å². The monoisotopic (exact) mass is 319 g/mol. The first-order valence-electron chi connectivity index (χ1n) is 8.19. The number of carbonyl (C=O) groups is 1. The third kappa shape index (κ3) is 4.32. The van der Waals surface area contributed by atoms with Crippen LogP contribution in [-0.4, -0.2) is 22.0 Å². The van der Waals surface area contributed by atoms with Crippen molar-refractivity contribution in [3.8, 4) is 0 Å². The summed E-state index contributed by atoms with van der Waals surface area (Å²) in [6.45, 7) is 1.50. The molecule has 0 saturated heterocycles. The average molecular weight is 319 g/mol. The van der Waals surface area contributed by atoms with E-state index in [0.717, 1.165) is 30.5 Å². The lowest BCUT2D eigenvalue weighted by Gasteiger charge is -2.10. The van der Waals surface area contributed by atoms with Gasteiger partial charge in [0.05, 0.1) is 6.33 Å². The van der Waals surface area contributed by atoms with Gasteiger partial charge in [-0.05, 0) is 30.0 Å². The van der Waals surface area contributed by atoms with Gasteiger partial charge in [0, 0.05) is 31.0 Å². The Morgan fingerprint density at radius 2 is 1.83 bits per heavy atom. The van der Waals surface area contributed by atoms with Crippen molar-refractivity contribution in [3.63, 3.8) is 0 Å². The first-order chi connectivity index (χ1) is 11.8. The molecule has 1 amide bonds. The fourth-order valence-corrected chi connectivity index (χ4v) is 2.69. The molecule has 1 aromatic heterocycles. The summed E-state index contributed by atoms with van der Waals surface area (Å²) in [5.41, 5.74) is 3.01. The Balaban J connectivity index is 1.58. The van der Waals surface area contributed by atoms with Crippen LogP contribution in [0.3, 0.4) is 0 Å². The lowest BCUT2D eigenvalue weighted by molar-refractivity contribution is 0.0952. The fraction of sp³-hybridized carbons (Fsp3) is 0.200. The lowest BCUT2D eigenvalue weighted by Crippen LogP contribution is -2.26. The van der Waals surface area contributed by atoms with E-state index in [1.807, 2.05) is 53.2 Å². The Hall–Kier alpha value is -2.88. The molecule has 0 aliphatic heterocycles. The van der Waals surface area contributed by atoms with Crippen LogP contribution < -0.4 is 5.32 Å². The largest absolute Gasteiger partial charge is 0.352 e. The van der Waals surface area contributed by atoms with Gasteiger partial charge in [-0.2, -0.15) is 0 Å². The van der Waals surface area contributed by atoms with Crippen molar-refractivity contribution >= 4 is 5.91 Å². The Morgan fingerprint density at radius 3 is 2.62 bits per heavy atom. The van der Waals surface area contributed by atoms with Gasteiger partial charge in [0.1, 0.15) is 0 Å². The predicted octanol–water partition coefficient (Wildman–Crippen LogP) is 3.29. The van der Waals surface area contributed by atoms with E-state index in [0.29, 0.717) is 6.54 Å². The second-order valence-electron chi connectivity index (χ2n) is 5.73. The first-order valence-corrected chi connectivity index (χ1v) is 8.19. The molecule has 0 unspecified atom stereocenters. The molecule has 3 rings (SSSR count). The first kappa shape index (κ1) is 16.0. The van der Waals surface area contributed by atoms with Crippen LogP contribution in [0.2, 0.25) is 0 Å². The lowest BCUT2D eigenvalue weighted by atomic mass is 9.99. The molecule has 0 aliphatic rings. The number of aryl methyl sites for hydroxylation is 1. The highest BCUT2D eigenvalue weighted by Crippen LogP contribution is 2.14. The molecule has 0 fully saturated rings. The van der Waals surface area contributed by atoms with Crippen LogP contribution in [0.4, 0.5) is 0 Å². The third-order valence-corrected chi connectivity index (χ3v) is 3.94. The second kappa shape index (κ2) is 8.11. The SMILES string of the molecule is O=C(NCCCn1ccnc1)c1ccccc1Cc1ccccc1. The topological polar surface area (TPSA) is 46.9 Å². The number of carbonyl (C=O) groups excluding carboxylic acids is 1. The summed E-state index contributed by atoms with van der Waals surface area (Å²) in [6, 6.07) is 18.0. The number of hydrogen-bond donors (Lipinski definition) is 1. The van der Waals surface area contributed by atoms with E-state index in [2.05, 4.69) is 22.4 Å². The number of amides is 1. The number of nitrogens with one attached hydrogen (secondary N) is 1. The highest BCUT2D eigenvalue weighted by molar-refractivity contribution is 5.95. The molecule has 0 radical (unpaired) electrons. The van der Waals surface area contributed by atoms with Crippen molar-refractivity contribution < 1.29 is 4.79 Å². The van der Waals surface area contributed by atoms with Crippen LogP contribution in [0.25, 0.3) is 0 Å². The van der Waals surface area contributed by atoms with E-state index in [9.17, 15) is 4.79 Å². The van der Waals surface area contributed by atoms with Gasteiger partial charge >= 0.3 is 0 Å². The zero-order valence-electron chi connectivity index (χ0n) is 13.6. The number of nitrogens with zero attached hydrogens (tertiary/aromatic N) is 2. The molecule has 24 heavy (non-hydrogen) atoms. The Bertz CT molecular complexity index is 767. The van der Waals surface area contributed by atoms with Gasteiger partial charge < -0.3 is 9.88 Å². The average Bonchev–Trinajstić information content (AvgIpc) is 3.13. The molecule has 0 atom stereocenters. The Morgan fingerprint density at radius 1 is 1.04 bits per heavy atom. The minimum Gasteiger partial charge on any atom is -0.352 e. The van der Waals surface area contributed by atoms with Crippen LogP contribution >= 0.6 is 0 Å². The zero-order chi connectivity index (χ0) is 16.6. The van der Waals surface area contributed by atoms with Gasteiger partial charge in [-0.25, -0.2) is 4.98 Å². The number of imidazole rings is 1. The second-order valence-corrected chi connectivity index (χ2v) is 5.73. The van der Waals surface area contributed by atoms with Crippen molar-refractivity contribution in [2.45, 2.75) is 19.4 Å². The summed E-state index contributed by atoms with van der Waals surface area (Å²) < 4.78 is 2.01. The summed E-state index contributed by atoms with van der Waals surface area (Å²) in [5.74, 6) is -0.00726. The molecule has 4 heteroatoms. The van der Waals surface area contributed by atoms with Crippen LogP contribution in [0, 0.1) is 0 Å². The third-order valence-electron chi connectivity index (χ3n) is 3.94. The van der Waals surface area contributed by atoms with E-state index in [-0.39, 0.29) is 5.91 Å². The van der Waals surface area contributed by atoms with E-state index < -0.39 is 0 Å². The predicted molar refractivity (Wildman–Crippen MR) is 94.9 cm³/mol. The van der Waals surface area contributed by atoms with Crippen LogP contribution in [0.5, 0.6) is 0 Å². The molecule has 0 bridgehead atoms. The van der Waals surface area contributed by atoms with Crippen molar-refractivity contribution in [1.82, 2.24) is 14.9 Å². The van der Waals surface area contributed by atoms with Gasteiger partial charge in [-0.15, -0.1) is 0 Å². The normalized spacial score (nSPS) is 10.5. The van der Waals surface area contributed by atoms with Crippen molar-refractivity contribution in [3.05, 3.63) is 90.0 Å². The molecule has 1 N–H and O–H groups in total. The minimum absolute atomic E-state index is 0.00726. The maximum Gasteiger partial charge on any atom is 0.251 e. The maximum absolute atomic E-state index is 12.5.